The molecule has 2 aromatic carbocycles. The molecule has 2 aromatic rings. The predicted molar refractivity (Wildman–Crippen MR) is 83.4 cm³/mol. The molecular weight excluding hydrogens is 282 g/mol. The highest BCUT2D eigenvalue weighted by Gasteiger charge is 2.07. The van der Waals surface area contributed by atoms with Crippen molar-refractivity contribution in [2.45, 2.75) is 13.0 Å². The minimum atomic E-state index is -1.07. The van der Waals surface area contributed by atoms with Gasteiger partial charge < -0.3 is 15.2 Å². The van der Waals surface area contributed by atoms with E-state index in [1.165, 1.54) is 0 Å². The maximum Gasteiger partial charge on any atom is 0.404 e. The number of carbonyl (C=O) groups is 2. The second-order valence-electron chi connectivity index (χ2n) is 4.89. The number of carboxylic acid groups (broad SMARTS) is 1. The quantitative estimate of drug-likeness (QED) is 0.803. The molecule has 5 heteroatoms. The SMILES string of the molecule is CC(CNC(=O)O)Oc1cccc(-c2cccc(C=O)c2)c1. The third kappa shape index (κ3) is 4.34. The number of aldehydes is 1. The van der Waals surface area contributed by atoms with Gasteiger partial charge in [-0.3, -0.25) is 4.79 Å². The number of amides is 1. The summed E-state index contributed by atoms with van der Waals surface area (Å²) in [5.74, 6) is 0.647. The lowest BCUT2D eigenvalue weighted by Crippen LogP contribution is -2.32. The van der Waals surface area contributed by atoms with Gasteiger partial charge in [-0.15, -0.1) is 0 Å². The zero-order valence-corrected chi connectivity index (χ0v) is 12.2. The fourth-order valence-corrected chi connectivity index (χ4v) is 2.05. The van der Waals surface area contributed by atoms with Crippen LogP contribution in [0.2, 0.25) is 0 Å². The summed E-state index contributed by atoms with van der Waals surface area (Å²) < 4.78 is 5.69. The summed E-state index contributed by atoms with van der Waals surface area (Å²) in [6.45, 7) is 2.00. The zero-order chi connectivity index (χ0) is 15.9. The van der Waals surface area contributed by atoms with Crippen LogP contribution in [-0.4, -0.2) is 30.1 Å². The van der Waals surface area contributed by atoms with Gasteiger partial charge in [0.25, 0.3) is 0 Å². The molecule has 0 radical (unpaired) electrons. The van der Waals surface area contributed by atoms with E-state index in [2.05, 4.69) is 5.32 Å². The van der Waals surface area contributed by atoms with Crippen molar-refractivity contribution < 1.29 is 19.4 Å². The lowest BCUT2D eigenvalue weighted by molar-refractivity contribution is 0.112. The molecule has 114 valence electrons. The Morgan fingerprint density at radius 1 is 1.23 bits per heavy atom. The van der Waals surface area contributed by atoms with Gasteiger partial charge >= 0.3 is 6.09 Å². The van der Waals surface area contributed by atoms with Crippen LogP contribution in [0.4, 0.5) is 4.79 Å². The molecular formula is C17H17NO4. The van der Waals surface area contributed by atoms with Gasteiger partial charge in [0.15, 0.2) is 0 Å². The monoisotopic (exact) mass is 299 g/mol. The average Bonchev–Trinajstić information content (AvgIpc) is 2.53. The van der Waals surface area contributed by atoms with Crippen molar-refractivity contribution in [2.24, 2.45) is 0 Å². The van der Waals surface area contributed by atoms with E-state index in [9.17, 15) is 9.59 Å². The summed E-state index contributed by atoms with van der Waals surface area (Å²) in [5.41, 5.74) is 2.47. The molecule has 2 rings (SSSR count). The number of benzene rings is 2. The van der Waals surface area contributed by atoms with Crippen molar-refractivity contribution >= 4 is 12.4 Å². The van der Waals surface area contributed by atoms with Crippen LogP contribution in [0.25, 0.3) is 11.1 Å². The first-order chi connectivity index (χ1) is 10.6. The van der Waals surface area contributed by atoms with E-state index in [0.29, 0.717) is 11.3 Å². The van der Waals surface area contributed by atoms with Crippen LogP contribution in [0, 0.1) is 0 Å². The van der Waals surface area contributed by atoms with E-state index in [1.807, 2.05) is 42.5 Å². The minimum Gasteiger partial charge on any atom is -0.489 e. The smallest absolute Gasteiger partial charge is 0.404 e. The molecule has 22 heavy (non-hydrogen) atoms. The van der Waals surface area contributed by atoms with Crippen LogP contribution in [0.1, 0.15) is 17.3 Å². The van der Waals surface area contributed by atoms with Crippen LogP contribution in [0.15, 0.2) is 48.5 Å². The van der Waals surface area contributed by atoms with Crippen LogP contribution < -0.4 is 10.1 Å². The molecule has 0 aromatic heterocycles. The fraction of sp³-hybridized carbons (Fsp3) is 0.176. The third-order valence-corrected chi connectivity index (χ3v) is 3.07. The number of nitrogens with one attached hydrogen (secondary N) is 1. The Bertz CT molecular complexity index is 669. The highest BCUT2D eigenvalue weighted by Crippen LogP contribution is 2.25. The van der Waals surface area contributed by atoms with Gasteiger partial charge in [0.2, 0.25) is 0 Å². The second kappa shape index (κ2) is 7.26. The summed E-state index contributed by atoms with van der Waals surface area (Å²) in [4.78, 5) is 21.3. The van der Waals surface area contributed by atoms with E-state index in [-0.39, 0.29) is 12.6 Å². The molecule has 1 unspecified atom stereocenters. The van der Waals surface area contributed by atoms with Gasteiger partial charge in [0.05, 0.1) is 6.54 Å². The largest absolute Gasteiger partial charge is 0.489 e. The van der Waals surface area contributed by atoms with E-state index in [1.54, 1.807) is 13.0 Å². The maximum absolute atomic E-state index is 10.8. The number of ether oxygens (including phenoxy) is 1. The summed E-state index contributed by atoms with van der Waals surface area (Å²) in [6, 6.07) is 14.8. The minimum absolute atomic E-state index is 0.209. The molecule has 0 aliphatic carbocycles. The van der Waals surface area contributed by atoms with Gasteiger partial charge in [0.1, 0.15) is 18.1 Å². The van der Waals surface area contributed by atoms with Crippen molar-refractivity contribution in [1.29, 1.82) is 0 Å². The molecule has 1 amide bonds. The fourth-order valence-electron chi connectivity index (χ4n) is 2.05. The van der Waals surface area contributed by atoms with Gasteiger partial charge in [-0.1, -0.05) is 30.3 Å². The van der Waals surface area contributed by atoms with Crippen molar-refractivity contribution in [2.75, 3.05) is 6.54 Å². The molecule has 0 spiro atoms. The lowest BCUT2D eigenvalue weighted by Gasteiger charge is -2.15. The molecule has 0 saturated heterocycles. The average molecular weight is 299 g/mol. The maximum atomic E-state index is 10.8. The molecule has 0 aliphatic heterocycles. The van der Waals surface area contributed by atoms with Gasteiger partial charge in [-0.2, -0.15) is 0 Å². The Morgan fingerprint density at radius 2 is 1.91 bits per heavy atom. The molecule has 0 heterocycles. The van der Waals surface area contributed by atoms with Gasteiger partial charge in [-0.25, -0.2) is 4.79 Å². The summed E-state index contributed by atoms with van der Waals surface area (Å²) in [7, 11) is 0. The topological polar surface area (TPSA) is 75.6 Å². The second-order valence-corrected chi connectivity index (χ2v) is 4.89. The Labute approximate surface area is 128 Å². The zero-order valence-electron chi connectivity index (χ0n) is 12.2. The highest BCUT2D eigenvalue weighted by atomic mass is 16.5. The molecule has 1 atom stereocenters. The van der Waals surface area contributed by atoms with Gasteiger partial charge in [0, 0.05) is 5.56 Å². The molecule has 0 aliphatic rings. The first-order valence-corrected chi connectivity index (χ1v) is 6.87. The van der Waals surface area contributed by atoms with Crippen molar-refractivity contribution in [3.8, 4) is 16.9 Å². The van der Waals surface area contributed by atoms with Gasteiger partial charge in [-0.05, 0) is 36.2 Å². The van der Waals surface area contributed by atoms with Crippen molar-refractivity contribution in [1.82, 2.24) is 5.32 Å². The first kappa shape index (κ1) is 15.6. The molecule has 0 saturated carbocycles. The Balaban J connectivity index is 2.12. The molecule has 5 nitrogen and oxygen atoms in total. The lowest BCUT2D eigenvalue weighted by atomic mass is 10.0. The summed E-state index contributed by atoms with van der Waals surface area (Å²) in [5, 5.41) is 10.9. The number of hydrogen-bond acceptors (Lipinski definition) is 3. The third-order valence-electron chi connectivity index (χ3n) is 3.07. The Hall–Kier alpha value is -2.82. The number of rotatable bonds is 6. The van der Waals surface area contributed by atoms with Crippen LogP contribution in [0.5, 0.6) is 5.75 Å². The van der Waals surface area contributed by atoms with E-state index in [0.717, 1.165) is 17.4 Å². The van der Waals surface area contributed by atoms with E-state index < -0.39 is 6.09 Å². The number of carbonyl (C=O) groups excluding carboxylic acids is 1. The van der Waals surface area contributed by atoms with E-state index >= 15 is 0 Å². The van der Waals surface area contributed by atoms with E-state index in [4.69, 9.17) is 9.84 Å². The Morgan fingerprint density at radius 3 is 2.59 bits per heavy atom. The van der Waals surface area contributed by atoms with Crippen LogP contribution in [0.3, 0.4) is 0 Å². The normalized spacial score (nSPS) is 11.5. The standard InChI is InChI=1S/C17H17NO4/c1-12(10-18-17(20)21)22-16-7-3-6-15(9-16)14-5-2-4-13(8-14)11-19/h2-9,11-12,18H,10H2,1H3,(H,20,21). The first-order valence-electron chi connectivity index (χ1n) is 6.87. The predicted octanol–water partition coefficient (Wildman–Crippen LogP) is 3.20. The van der Waals surface area contributed by atoms with Crippen LogP contribution in [-0.2, 0) is 0 Å². The molecule has 0 fully saturated rings. The van der Waals surface area contributed by atoms with Crippen LogP contribution >= 0.6 is 0 Å². The highest BCUT2D eigenvalue weighted by molar-refractivity contribution is 5.79. The van der Waals surface area contributed by atoms with Crippen molar-refractivity contribution in [3.63, 3.8) is 0 Å². The summed E-state index contributed by atoms with van der Waals surface area (Å²) >= 11 is 0. The van der Waals surface area contributed by atoms with Crippen molar-refractivity contribution in [3.05, 3.63) is 54.1 Å². The summed E-state index contributed by atoms with van der Waals surface area (Å²) in [6.07, 6.45) is -0.550. The molecule has 0 bridgehead atoms. The molecule has 2 N–H and O–H groups in total. The Kier molecular flexibility index (Phi) is 5.14. The number of hydrogen-bond donors (Lipinski definition) is 2.